The molecule has 5 aromatic carbocycles. The molecule has 5 aromatic rings. The van der Waals surface area contributed by atoms with Gasteiger partial charge in [0, 0.05) is 31.9 Å². The summed E-state index contributed by atoms with van der Waals surface area (Å²) in [6.45, 7) is 0. The predicted molar refractivity (Wildman–Crippen MR) is 221 cm³/mol. The van der Waals surface area contributed by atoms with E-state index in [4.69, 9.17) is 0 Å². The fourth-order valence-corrected chi connectivity index (χ4v) is 8.86. The van der Waals surface area contributed by atoms with Crippen LogP contribution in [0.5, 0.6) is 0 Å². The molecule has 2 saturated carbocycles. The van der Waals surface area contributed by atoms with Gasteiger partial charge >= 0.3 is 17.1 Å². The number of allylic oxidation sites excluding steroid dienone is 1. The quantitative estimate of drug-likeness (QED) is 0.125. The molecule has 266 valence electrons. The Balaban J connectivity index is 0.000000375. The van der Waals surface area contributed by atoms with Gasteiger partial charge in [-0.25, -0.2) is 0 Å². The molecule has 1 heterocycles. The van der Waals surface area contributed by atoms with Crippen molar-refractivity contribution in [2.45, 2.75) is 54.9 Å². The molecule has 1 aliphatic heterocycles. The fraction of sp³-hybridized carbons (Fsp3) is 0.255. The molecule has 51 heavy (non-hydrogen) atoms. The summed E-state index contributed by atoms with van der Waals surface area (Å²) in [5, 5.41) is 0. The van der Waals surface area contributed by atoms with Crippen LogP contribution in [0.15, 0.2) is 168 Å². The monoisotopic (exact) mass is 734 g/mol. The van der Waals surface area contributed by atoms with Crippen LogP contribution < -0.4 is 0 Å². The molecule has 1 unspecified atom stereocenters. The maximum atomic E-state index is 4.50. The van der Waals surface area contributed by atoms with E-state index in [9.17, 15) is 0 Å². The van der Waals surface area contributed by atoms with Gasteiger partial charge in [0.1, 0.15) is 0 Å². The zero-order valence-electron chi connectivity index (χ0n) is 30.5. The van der Waals surface area contributed by atoms with Crippen molar-refractivity contribution in [1.82, 2.24) is 4.90 Å². The van der Waals surface area contributed by atoms with Crippen LogP contribution in [-0.2, 0) is 17.1 Å². The van der Waals surface area contributed by atoms with Gasteiger partial charge in [0.05, 0.1) is 6.04 Å². The van der Waals surface area contributed by atoms with Gasteiger partial charge in [0.2, 0.25) is 0 Å². The number of aliphatic imine (C=N–C) groups is 1. The topological polar surface area (TPSA) is 15.6 Å². The Labute approximate surface area is 326 Å². The number of fused-ring (bicyclic) bond motifs is 1. The predicted octanol–water partition coefficient (Wildman–Crippen LogP) is 11.6. The third kappa shape index (κ3) is 8.98. The summed E-state index contributed by atoms with van der Waals surface area (Å²) in [5.74, 6) is 2.50. The molecule has 0 saturated heterocycles. The van der Waals surface area contributed by atoms with E-state index in [1.54, 1.807) is 0 Å². The Hall–Kier alpha value is -3.82. The third-order valence-corrected chi connectivity index (χ3v) is 10.8. The molecule has 0 amide bonds. The Morgan fingerprint density at radius 2 is 0.765 bits per heavy atom. The first kappa shape index (κ1) is 41.6. The minimum atomic E-state index is 0. The molecule has 2 atom stereocenters. The van der Waals surface area contributed by atoms with E-state index in [-0.39, 0.29) is 45.4 Å². The molecule has 2 nitrogen and oxygen atoms in total. The largest absolute Gasteiger partial charge is 2.00 e. The first-order valence-corrected chi connectivity index (χ1v) is 17.4. The molecule has 8 rings (SSSR count). The second kappa shape index (κ2) is 19.7. The summed E-state index contributed by atoms with van der Waals surface area (Å²) in [6, 6.07) is 56.7. The molecular formula is C47H54FeN2S. The molecule has 2 fully saturated rings. The van der Waals surface area contributed by atoms with Crippen LogP contribution >= 0.6 is 13.5 Å². The smallest absolute Gasteiger partial charge is 0.381 e. The number of hydrogen-bond acceptors (Lipinski definition) is 2. The van der Waals surface area contributed by atoms with Crippen LogP contribution in [0.3, 0.4) is 0 Å². The van der Waals surface area contributed by atoms with Gasteiger partial charge in [0.15, 0.2) is 0 Å². The molecule has 0 spiro atoms. The van der Waals surface area contributed by atoms with E-state index >= 15 is 0 Å². The summed E-state index contributed by atoms with van der Waals surface area (Å²) in [5.41, 5.74) is 8.59. The van der Waals surface area contributed by atoms with Crippen molar-refractivity contribution in [3.63, 3.8) is 0 Å². The summed E-state index contributed by atoms with van der Waals surface area (Å²) in [6.07, 6.45) is 8.09. The second-order valence-corrected chi connectivity index (χ2v) is 13.6. The summed E-state index contributed by atoms with van der Waals surface area (Å²) in [7, 11) is 4.25. The van der Waals surface area contributed by atoms with Crippen molar-refractivity contribution >= 4 is 19.7 Å². The maximum Gasteiger partial charge on any atom is 2.00 e. The van der Waals surface area contributed by atoms with Gasteiger partial charge in [-0.15, -0.1) is 0 Å². The van der Waals surface area contributed by atoms with E-state index in [1.165, 1.54) is 52.8 Å². The molecule has 0 radical (unpaired) electrons. The van der Waals surface area contributed by atoms with Gasteiger partial charge in [-0.3, -0.25) is 4.99 Å². The van der Waals surface area contributed by atoms with Gasteiger partial charge in [-0.05, 0) is 76.3 Å². The zero-order chi connectivity index (χ0) is 32.0. The van der Waals surface area contributed by atoms with E-state index in [0.29, 0.717) is 41.5 Å². The number of dihydropyridines is 1. The molecule has 0 bridgehead atoms. The SMILES string of the molecule is CN(C)C1=CC=N[C@H]2CCCC12.S.[CH3-].[CH3-].[Fe+2].c1ccc(C2C(c3ccccc3)C(c3ccccc3)C(c3ccccc3)C2c2ccccc2)cc1. The van der Waals surface area contributed by atoms with Crippen molar-refractivity contribution in [3.05, 3.63) is 206 Å². The molecule has 4 heteroatoms. The third-order valence-electron chi connectivity index (χ3n) is 10.8. The minimum absolute atomic E-state index is 0. The molecule has 2 aliphatic carbocycles. The Kier molecular flexibility index (Phi) is 16.1. The van der Waals surface area contributed by atoms with Crippen molar-refractivity contribution in [3.8, 4) is 0 Å². The van der Waals surface area contributed by atoms with Gasteiger partial charge in [-0.1, -0.05) is 158 Å². The average Bonchev–Trinajstić information content (AvgIpc) is 3.77. The van der Waals surface area contributed by atoms with Crippen molar-refractivity contribution in [1.29, 1.82) is 0 Å². The van der Waals surface area contributed by atoms with Crippen LogP contribution in [0.2, 0.25) is 0 Å². The summed E-state index contributed by atoms with van der Waals surface area (Å²) >= 11 is 0. The standard InChI is InChI=1S/C35H30.C10H16N2.2CH3.Fe.H2S/c1-6-16-26(17-7-1)31-32(27-18-8-2-9-19-27)34(29-22-12-4-13-23-29)35(30-24-14-5-15-25-30)33(31)28-20-10-3-11-21-28;1-12(2)10-6-7-11-9-5-3-4-8(9)10;;;;/h1-25,31-35H;6-9H,3-5H2,1-2H3;2*1H3;;1H2/q;;2*-1;+2;/t;8?,9-;;;;/m.0..../s1. The Bertz CT molecular complexity index is 1500. The summed E-state index contributed by atoms with van der Waals surface area (Å²) in [4.78, 5) is 6.73. The molecule has 0 aromatic heterocycles. The van der Waals surface area contributed by atoms with Gasteiger partial charge < -0.3 is 19.8 Å². The number of nitrogens with zero attached hydrogens (tertiary/aromatic N) is 2. The maximum absolute atomic E-state index is 4.50. The second-order valence-electron chi connectivity index (χ2n) is 13.6. The van der Waals surface area contributed by atoms with Crippen molar-refractivity contribution in [2.75, 3.05) is 14.1 Å². The van der Waals surface area contributed by atoms with Gasteiger partial charge in [0.25, 0.3) is 0 Å². The molecule has 0 N–H and O–H groups in total. The molecular weight excluding hydrogens is 680 g/mol. The van der Waals surface area contributed by atoms with Crippen molar-refractivity contribution < 1.29 is 17.1 Å². The van der Waals surface area contributed by atoms with Crippen LogP contribution in [0.4, 0.5) is 0 Å². The van der Waals surface area contributed by atoms with E-state index in [0.717, 1.165) is 0 Å². The van der Waals surface area contributed by atoms with Crippen molar-refractivity contribution in [2.24, 2.45) is 10.9 Å². The Morgan fingerprint density at radius 1 is 0.471 bits per heavy atom. The van der Waals surface area contributed by atoms with Crippen LogP contribution in [0.1, 0.15) is 76.7 Å². The van der Waals surface area contributed by atoms with E-state index in [1.807, 2.05) is 6.21 Å². The average molecular weight is 735 g/mol. The normalized spacial score (nSPS) is 24.0. The number of hydrogen-bond donors (Lipinski definition) is 0. The van der Waals surface area contributed by atoms with E-state index in [2.05, 4.69) is 182 Å². The van der Waals surface area contributed by atoms with Crippen LogP contribution in [-0.4, -0.2) is 31.3 Å². The molecule has 3 aliphatic rings. The fourth-order valence-electron chi connectivity index (χ4n) is 8.86. The Morgan fingerprint density at radius 3 is 1.04 bits per heavy atom. The first-order chi connectivity index (χ1) is 23.2. The van der Waals surface area contributed by atoms with Crippen LogP contribution in [0.25, 0.3) is 0 Å². The summed E-state index contributed by atoms with van der Waals surface area (Å²) < 4.78 is 0. The minimum Gasteiger partial charge on any atom is -0.381 e. The van der Waals surface area contributed by atoms with Crippen LogP contribution in [0, 0.1) is 20.8 Å². The number of benzene rings is 5. The number of rotatable bonds is 6. The zero-order valence-corrected chi connectivity index (χ0v) is 32.6. The first-order valence-electron chi connectivity index (χ1n) is 17.4. The van der Waals surface area contributed by atoms with Gasteiger partial charge in [-0.2, -0.15) is 13.5 Å². The van der Waals surface area contributed by atoms with E-state index < -0.39 is 0 Å².